The molecule has 4 rings (SSSR count). The number of urea groups is 1. The van der Waals surface area contributed by atoms with Gasteiger partial charge in [-0.3, -0.25) is 9.69 Å². The number of carbonyl (C=O) groups is 2. The molecular formula is C22H27N5O4S. The molecule has 2 saturated heterocycles. The summed E-state index contributed by atoms with van der Waals surface area (Å²) in [5.41, 5.74) is 2.78. The third-order valence-corrected chi connectivity index (χ3v) is 6.95. The van der Waals surface area contributed by atoms with Crippen LogP contribution in [-0.2, 0) is 9.84 Å². The number of amides is 3. The Morgan fingerprint density at radius 3 is 2.38 bits per heavy atom. The number of piperazine rings is 1. The molecule has 0 saturated carbocycles. The normalized spacial score (nSPS) is 17.0. The van der Waals surface area contributed by atoms with Crippen molar-refractivity contribution in [2.45, 2.75) is 18.7 Å². The van der Waals surface area contributed by atoms with E-state index in [1.807, 2.05) is 20.0 Å². The maximum atomic E-state index is 13.3. The first-order valence-electron chi connectivity index (χ1n) is 10.5. The highest BCUT2D eigenvalue weighted by Gasteiger charge is 2.29. The molecule has 9 nitrogen and oxygen atoms in total. The van der Waals surface area contributed by atoms with Gasteiger partial charge in [-0.05, 0) is 43.2 Å². The lowest BCUT2D eigenvalue weighted by Gasteiger charge is -2.36. The molecule has 0 bridgehead atoms. The average Bonchev–Trinajstić information content (AvgIpc) is 3.18. The van der Waals surface area contributed by atoms with Gasteiger partial charge in [-0.1, -0.05) is 6.07 Å². The number of nitrogens with one attached hydrogen (secondary N) is 1. The van der Waals surface area contributed by atoms with E-state index in [9.17, 15) is 18.0 Å². The van der Waals surface area contributed by atoms with Crippen LogP contribution in [0.1, 0.15) is 21.5 Å². The summed E-state index contributed by atoms with van der Waals surface area (Å²) in [4.78, 5) is 35.0. The molecule has 1 aromatic heterocycles. The lowest BCUT2D eigenvalue weighted by Crippen LogP contribution is -2.49. The quantitative estimate of drug-likeness (QED) is 0.748. The number of anilines is 2. The number of sulfone groups is 1. The smallest absolute Gasteiger partial charge is 0.321 e. The number of rotatable bonds is 4. The third kappa shape index (κ3) is 4.27. The molecule has 2 aliphatic rings. The first-order chi connectivity index (χ1) is 15.1. The molecule has 3 heterocycles. The van der Waals surface area contributed by atoms with Gasteiger partial charge in [0.25, 0.3) is 5.91 Å². The SMILES string of the molecule is Cc1cnc(N2CCN(C(=O)c3ccc(N4CCNC4=O)cc3S(C)(=O)=O)CC2)c(C)c1. The zero-order chi connectivity index (χ0) is 23.0. The molecule has 10 heteroatoms. The predicted octanol–water partition coefficient (Wildman–Crippen LogP) is 1.59. The highest BCUT2D eigenvalue weighted by atomic mass is 32.2. The van der Waals surface area contributed by atoms with Crippen molar-refractivity contribution in [3.63, 3.8) is 0 Å². The maximum absolute atomic E-state index is 13.3. The van der Waals surface area contributed by atoms with Gasteiger partial charge in [0, 0.05) is 57.4 Å². The molecule has 0 radical (unpaired) electrons. The Kier molecular flexibility index (Phi) is 5.81. The number of nitrogens with zero attached hydrogens (tertiary/aromatic N) is 4. The zero-order valence-corrected chi connectivity index (χ0v) is 19.3. The molecule has 2 aromatic rings. The van der Waals surface area contributed by atoms with Gasteiger partial charge in [-0.25, -0.2) is 18.2 Å². The fourth-order valence-corrected chi connectivity index (χ4v) is 5.10. The van der Waals surface area contributed by atoms with Gasteiger partial charge >= 0.3 is 6.03 Å². The van der Waals surface area contributed by atoms with Crippen LogP contribution in [0.2, 0.25) is 0 Å². The Balaban J connectivity index is 1.55. The molecule has 2 aliphatic heterocycles. The Labute approximate surface area is 187 Å². The van der Waals surface area contributed by atoms with Crippen LogP contribution in [0.4, 0.5) is 16.3 Å². The molecule has 2 fully saturated rings. The van der Waals surface area contributed by atoms with Crippen LogP contribution in [0.3, 0.4) is 0 Å². The van der Waals surface area contributed by atoms with Gasteiger partial charge < -0.3 is 15.1 Å². The zero-order valence-electron chi connectivity index (χ0n) is 18.5. The predicted molar refractivity (Wildman–Crippen MR) is 122 cm³/mol. The van der Waals surface area contributed by atoms with Crippen molar-refractivity contribution in [3.05, 3.63) is 47.2 Å². The van der Waals surface area contributed by atoms with Crippen LogP contribution >= 0.6 is 0 Å². The largest absolute Gasteiger partial charge is 0.353 e. The number of aromatic nitrogens is 1. The Morgan fingerprint density at radius 1 is 1.06 bits per heavy atom. The van der Waals surface area contributed by atoms with E-state index in [0.717, 1.165) is 23.2 Å². The van der Waals surface area contributed by atoms with E-state index in [-0.39, 0.29) is 22.4 Å². The fraction of sp³-hybridized carbons (Fsp3) is 0.409. The van der Waals surface area contributed by atoms with Crippen LogP contribution in [0.15, 0.2) is 35.4 Å². The first kappa shape index (κ1) is 22.1. The van der Waals surface area contributed by atoms with Gasteiger partial charge in [0.2, 0.25) is 0 Å². The summed E-state index contributed by atoms with van der Waals surface area (Å²) in [5, 5.41) is 2.69. The molecule has 0 aliphatic carbocycles. The number of aryl methyl sites for hydroxylation is 2. The monoisotopic (exact) mass is 457 g/mol. The Bertz CT molecular complexity index is 1170. The van der Waals surface area contributed by atoms with E-state index < -0.39 is 9.84 Å². The summed E-state index contributed by atoms with van der Waals surface area (Å²) in [6.45, 7) is 7.12. The third-order valence-electron chi connectivity index (χ3n) is 5.82. The number of hydrogen-bond acceptors (Lipinski definition) is 6. The van der Waals surface area contributed by atoms with E-state index in [4.69, 9.17) is 0 Å². The first-order valence-corrected chi connectivity index (χ1v) is 12.4. The van der Waals surface area contributed by atoms with Crippen molar-refractivity contribution in [1.29, 1.82) is 0 Å². The Morgan fingerprint density at radius 2 is 1.78 bits per heavy atom. The number of hydrogen-bond donors (Lipinski definition) is 1. The molecule has 170 valence electrons. The minimum absolute atomic E-state index is 0.0572. The highest BCUT2D eigenvalue weighted by molar-refractivity contribution is 7.90. The van der Waals surface area contributed by atoms with Crippen LogP contribution < -0.4 is 15.1 Å². The van der Waals surface area contributed by atoms with Gasteiger partial charge in [0.05, 0.1) is 10.5 Å². The van der Waals surface area contributed by atoms with Crippen molar-refractivity contribution in [3.8, 4) is 0 Å². The summed E-state index contributed by atoms with van der Waals surface area (Å²) >= 11 is 0. The van der Waals surface area contributed by atoms with Gasteiger partial charge in [-0.15, -0.1) is 0 Å². The van der Waals surface area contributed by atoms with Gasteiger partial charge in [0.15, 0.2) is 9.84 Å². The Hall–Kier alpha value is -3.14. The number of pyridine rings is 1. The second kappa shape index (κ2) is 8.42. The summed E-state index contributed by atoms with van der Waals surface area (Å²) in [5.74, 6) is 0.587. The molecule has 32 heavy (non-hydrogen) atoms. The van der Waals surface area contributed by atoms with E-state index in [0.29, 0.717) is 45.0 Å². The maximum Gasteiger partial charge on any atom is 0.321 e. The van der Waals surface area contributed by atoms with E-state index in [2.05, 4.69) is 21.3 Å². The molecule has 3 amide bonds. The molecule has 0 unspecified atom stereocenters. The lowest BCUT2D eigenvalue weighted by atomic mass is 10.1. The second-order valence-electron chi connectivity index (χ2n) is 8.27. The van der Waals surface area contributed by atoms with Crippen LogP contribution in [-0.4, -0.2) is 75.8 Å². The van der Waals surface area contributed by atoms with Crippen molar-refractivity contribution >= 4 is 33.3 Å². The topological polar surface area (TPSA) is 103 Å². The second-order valence-corrected chi connectivity index (χ2v) is 10.3. The summed E-state index contributed by atoms with van der Waals surface area (Å²) in [7, 11) is -3.68. The van der Waals surface area contributed by atoms with Crippen LogP contribution in [0.25, 0.3) is 0 Å². The van der Waals surface area contributed by atoms with E-state index in [1.165, 1.54) is 17.0 Å². The van der Waals surface area contributed by atoms with Crippen molar-refractivity contribution in [2.24, 2.45) is 0 Å². The fourth-order valence-electron chi connectivity index (χ4n) is 4.21. The molecule has 1 aromatic carbocycles. The lowest BCUT2D eigenvalue weighted by molar-refractivity contribution is 0.0742. The van der Waals surface area contributed by atoms with E-state index in [1.54, 1.807) is 11.0 Å². The highest BCUT2D eigenvalue weighted by Crippen LogP contribution is 2.27. The number of benzene rings is 1. The summed E-state index contributed by atoms with van der Waals surface area (Å²) in [6.07, 6.45) is 2.91. The average molecular weight is 458 g/mol. The summed E-state index contributed by atoms with van der Waals surface area (Å²) < 4.78 is 25.0. The van der Waals surface area contributed by atoms with Crippen molar-refractivity contribution in [2.75, 3.05) is 55.3 Å². The van der Waals surface area contributed by atoms with Gasteiger partial charge in [0.1, 0.15) is 5.82 Å². The van der Waals surface area contributed by atoms with Crippen molar-refractivity contribution in [1.82, 2.24) is 15.2 Å². The minimum atomic E-state index is -3.68. The van der Waals surface area contributed by atoms with Gasteiger partial charge in [-0.2, -0.15) is 0 Å². The standard InChI is InChI=1S/C22H27N5O4S/c1-15-12-16(2)20(24-14-15)25-8-10-26(11-9-25)21(28)18-5-4-17(13-19(18)32(3,30)31)27-7-6-23-22(27)29/h4-5,12-14H,6-11H2,1-3H3,(H,23,29). The summed E-state index contributed by atoms with van der Waals surface area (Å²) in [6, 6.07) is 6.36. The molecule has 0 spiro atoms. The molecular weight excluding hydrogens is 430 g/mol. The molecule has 0 atom stereocenters. The number of carbonyl (C=O) groups excluding carboxylic acids is 2. The van der Waals surface area contributed by atoms with Crippen LogP contribution in [0.5, 0.6) is 0 Å². The molecule has 1 N–H and O–H groups in total. The minimum Gasteiger partial charge on any atom is -0.353 e. The van der Waals surface area contributed by atoms with Crippen molar-refractivity contribution < 1.29 is 18.0 Å². The van der Waals surface area contributed by atoms with Crippen LogP contribution in [0, 0.1) is 13.8 Å². The van der Waals surface area contributed by atoms with E-state index >= 15 is 0 Å².